The molecule has 1 aromatic rings. The van der Waals surface area contributed by atoms with Crippen molar-refractivity contribution in [1.82, 2.24) is 10.2 Å². The Bertz CT molecular complexity index is 419. The van der Waals surface area contributed by atoms with Gasteiger partial charge in [-0.05, 0) is 68.6 Å². The van der Waals surface area contributed by atoms with Gasteiger partial charge in [-0.2, -0.15) is 0 Å². The number of piperidine rings is 1. The highest BCUT2D eigenvalue weighted by atomic mass is 79.9. The molecule has 1 atom stereocenters. The minimum absolute atomic E-state index is 0.154. The highest BCUT2D eigenvalue weighted by molar-refractivity contribution is 9.10. The summed E-state index contributed by atoms with van der Waals surface area (Å²) in [6, 6.07) is 4.95. The summed E-state index contributed by atoms with van der Waals surface area (Å²) < 4.78 is 14.4. The van der Waals surface area contributed by atoms with Gasteiger partial charge in [-0.3, -0.25) is 4.90 Å². The fraction of sp³-hybridized carbons (Fsp3) is 0.625. The lowest BCUT2D eigenvalue weighted by Gasteiger charge is -2.30. The van der Waals surface area contributed by atoms with Crippen LogP contribution in [0.4, 0.5) is 4.39 Å². The largest absolute Gasteiger partial charge is 0.316 e. The Balaban J connectivity index is 1.98. The second kappa shape index (κ2) is 8.11. The summed E-state index contributed by atoms with van der Waals surface area (Å²) in [6.07, 6.45) is 3.71. The molecule has 1 N–H and O–H groups in total. The van der Waals surface area contributed by atoms with Gasteiger partial charge in [0.2, 0.25) is 0 Å². The number of hydrogen-bond acceptors (Lipinski definition) is 2. The minimum Gasteiger partial charge on any atom is -0.316 e. The lowest BCUT2D eigenvalue weighted by molar-refractivity contribution is 0.201. The van der Waals surface area contributed by atoms with Crippen molar-refractivity contribution in [3.63, 3.8) is 0 Å². The first-order chi connectivity index (χ1) is 9.69. The predicted octanol–water partition coefficient (Wildman–Crippen LogP) is 3.80. The number of rotatable bonds is 6. The summed E-state index contributed by atoms with van der Waals surface area (Å²) >= 11 is 3.53. The Kier molecular flexibility index (Phi) is 6.46. The molecule has 1 aliphatic rings. The van der Waals surface area contributed by atoms with E-state index < -0.39 is 0 Å². The first-order valence-corrected chi connectivity index (χ1v) is 8.35. The van der Waals surface area contributed by atoms with E-state index in [9.17, 15) is 4.39 Å². The zero-order valence-electron chi connectivity index (χ0n) is 12.2. The normalized spacial score (nSPS) is 19.5. The van der Waals surface area contributed by atoms with Gasteiger partial charge in [0.25, 0.3) is 0 Å². The van der Waals surface area contributed by atoms with Crippen LogP contribution in [0.3, 0.4) is 0 Å². The monoisotopic (exact) mass is 342 g/mol. The van der Waals surface area contributed by atoms with Crippen LogP contribution < -0.4 is 5.32 Å². The molecule has 2 nitrogen and oxygen atoms in total. The van der Waals surface area contributed by atoms with E-state index in [1.807, 2.05) is 0 Å². The van der Waals surface area contributed by atoms with Crippen LogP contribution in [-0.4, -0.2) is 31.1 Å². The first kappa shape index (κ1) is 15.9. The molecule has 1 heterocycles. The van der Waals surface area contributed by atoms with Crippen molar-refractivity contribution < 1.29 is 4.39 Å². The fourth-order valence-corrected chi connectivity index (χ4v) is 3.27. The van der Waals surface area contributed by atoms with Crippen LogP contribution in [0.5, 0.6) is 0 Å². The third kappa shape index (κ3) is 4.83. The molecule has 4 heteroatoms. The van der Waals surface area contributed by atoms with Crippen molar-refractivity contribution >= 4 is 15.9 Å². The summed E-state index contributed by atoms with van der Waals surface area (Å²) in [7, 11) is 0. The third-order valence-electron chi connectivity index (χ3n) is 3.86. The Morgan fingerprint density at radius 2 is 2.30 bits per heavy atom. The van der Waals surface area contributed by atoms with Gasteiger partial charge in [0.15, 0.2) is 0 Å². The molecule has 0 aliphatic carbocycles. The van der Waals surface area contributed by atoms with E-state index in [1.54, 1.807) is 12.1 Å². The molecule has 0 aromatic heterocycles. The standard InChI is InChI=1S/C16H24BrFN2/c1-2-8-20(11-13-4-3-7-19-10-13)12-14-9-15(18)5-6-16(14)17/h5-6,9,13,19H,2-4,7-8,10-12H2,1H3. The van der Waals surface area contributed by atoms with Gasteiger partial charge in [-0.1, -0.05) is 22.9 Å². The van der Waals surface area contributed by atoms with E-state index in [0.29, 0.717) is 0 Å². The molecule has 1 aliphatic heterocycles. The molecule has 1 fully saturated rings. The average molecular weight is 343 g/mol. The van der Waals surface area contributed by atoms with Crippen LogP contribution in [0.25, 0.3) is 0 Å². The van der Waals surface area contributed by atoms with Crippen molar-refractivity contribution in [3.05, 3.63) is 34.1 Å². The van der Waals surface area contributed by atoms with Crippen LogP contribution >= 0.6 is 15.9 Å². The molecular formula is C16H24BrFN2. The molecule has 112 valence electrons. The molecule has 0 amide bonds. The van der Waals surface area contributed by atoms with E-state index in [-0.39, 0.29) is 5.82 Å². The molecule has 1 unspecified atom stereocenters. The molecule has 1 saturated heterocycles. The average Bonchev–Trinajstić information content (AvgIpc) is 2.44. The molecular weight excluding hydrogens is 319 g/mol. The van der Waals surface area contributed by atoms with E-state index in [0.717, 1.165) is 55.1 Å². The van der Waals surface area contributed by atoms with Crippen molar-refractivity contribution in [1.29, 1.82) is 0 Å². The van der Waals surface area contributed by atoms with Gasteiger partial charge in [0.1, 0.15) is 5.82 Å². The molecule has 0 bridgehead atoms. The van der Waals surface area contributed by atoms with Crippen LogP contribution in [0.15, 0.2) is 22.7 Å². The maximum absolute atomic E-state index is 13.4. The van der Waals surface area contributed by atoms with Gasteiger partial charge in [0.05, 0.1) is 0 Å². The number of nitrogens with one attached hydrogen (secondary N) is 1. The Morgan fingerprint density at radius 3 is 3.00 bits per heavy atom. The summed E-state index contributed by atoms with van der Waals surface area (Å²) in [5, 5.41) is 3.47. The van der Waals surface area contributed by atoms with Crippen LogP contribution in [-0.2, 0) is 6.54 Å². The molecule has 1 aromatic carbocycles. The quantitative estimate of drug-likeness (QED) is 0.845. The Morgan fingerprint density at radius 1 is 1.45 bits per heavy atom. The SMILES string of the molecule is CCCN(Cc1cc(F)ccc1Br)CC1CCCNC1. The van der Waals surface area contributed by atoms with Gasteiger partial charge in [-0.15, -0.1) is 0 Å². The molecule has 0 spiro atoms. The van der Waals surface area contributed by atoms with Gasteiger partial charge in [0, 0.05) is 17.6 Å². The van der Waals surface area contributed by atoms with Gasteiger partial charge >= 0.3 is 0 Å². The number of hydrogen-bond donors (Lipinski definition) is 1. The lowest BCUT2D eigenvalue weighted by Crippen LogP contribution is -2.38. The zero-order valence-corrected chi connectivity index (χ0v) is 13.8. The second-order valence-corrected chi connectivity index (χ2v) is 6.54. The molecule has 20 heavy (non-hydrogen) atoms. The van der Waals surface area contributed by atoms with Crippen molar-refractivity contribution in [2.24, 2.45) is 5.92 Å². The van der Waals surface area contributed by atoms with E-state index >= 15 is 0 Å². The van der Waals surface area contributed by atoms with Gasteiger partial charge in [-0.25, -0.2) is 4.39 Å². The van der Waals surface area contributed by atoms with E-state index in [2.05, 4.69) is 33.1 Å². The Hall–Kier alpha value is -0.450. The maximum atomic E-state index is 13.4. The number of nitrogens with zero attached hydrogens (tertiary/aromatic N) is 1. The predicted molar refractivity (Wildman–Crippen MR) is 85.3 cm³/mol. The summed E-state index contributed by atoms with van der Waals surface area (Å²) in [6.45, 7) is 7.46. The summed E-state index contributed by atoms with van der Waals surface area (Å²) in [4.78, 5) is 2.46. The van der Waals surface area contributed by atoms with Crippen molar-refractivity contribution in [2.75, 3.05) is 26.2 Å². The van der Waals surface area contributed by atoms with Crippen LogP contribution in [0.1, 0.15) is 31.7 Å². The van der Waals surface area contributed by atoms with E-state index in [1.165, 1.54) is 18.9 Å². The van der Waals surface area contributed by atoms with Gasteiger partial charge < -0.3 is 5.32 Å². The highest BCUT2D eigenvalue weighted by Crippen LogP contribution is 2.21. The number of halogens is 2. The fourth-order valence-electron chi connectivity index (χ4n) is 2.90. The zero-order chi connectivity index (χ0) is 14.4. The topological polar surface area (TPSA) is 15.3 Å². The second-order valence-electron chi connectivity index (χ2n) is 5.68. The molecule has 2 rings (SSSR count). The molecule has 0 radical (unpaired) electrons. The first-order valence-electron chi connectivity index (χ1n) is 7.56. The summed E-state index contributed by atoms with van der Waals surface area (Å²) in [5.41, 5.74) is 1.04. The third-order valence-corrected chi connectivity index (χ3v) is 4.63. The Labute approximate surface area is 129 Å². The van der Waals surface area contributed by atoms with Crippen molar-refractivity contribution in [3.8, 4) is 0 Å². The minimum atomic E-state index is -0.154. The summed E-state index contributed by atoms with van der Waals surface area (Å²) in [5.74, 6) is 0.571. The maximum Gasteiger partial charge on any atom is 0.123 e. The van der Waals surface area contributed by atoms with Crippen molar-refractivity contribution in [2.45, 2.75) is 32.7 Å². The lowest BCUT2D eigenvalue weighted by atomic mass is 9.98. The van der Waals surface area contributed by atoms with Crippen LogP contribution in [0.2, 0.25) is 0 Å². The smallest absolute Gasteiger partial charge is 0.123 e. The highest BCUT2D eigenvalue weighted by Gasteiger charge is 2.17. The molecule has 0 saturated carbocycles. The van der Waals surface area contributed by atoms with Crippen LogP contribution in [0, 0.1) is 11.7 Å². The number of benzene rings is 1. The van der Waals surface area contributed by atoms with E-state index in [4.69, 9.17) is 0 Å².